The van der Waals surface area contributed by atoms with Gasteiger partial charge in [-0.1, -0.05) is 69.0 Å². The Labute approximate surface area is 135 Å². The lowest BCUT2D eigenvalue weighted by Gasteiger charge is -2.19. The van der Waals surface area contributed by atoms with Crippen LogP contribution in [0.4, 0.5) is 0 Å². The monoisotopic (exact) mass is 290 g/mol. The summed E-state index contributed by atoms with van der Waals surface area (Å²) in [6.45, 7) is 13.1. The van der Waals surface area contributed by atoms with Gasteiger partial charge < -0.3 is 0 Å². The fraction of sp³-hybridized carbons (Fsp3) is 0.364. The maximum atomic E-state index is 3.27. The van der Waals surface area contributed by atoms with E-state index in [0.717, 1.165) is 5.56 Å². The van der Waals surface area contributed by atoms with E-state index in [0.29, 0.717) is 0 Å². The van der Waals surface area contributed by atoms with E-state index in [2.05, 4.69) is 102 Å². The lowest BCUT2D eigenvalue weighted by Crippen LogP contribution is -2.10. The molecule has 0 aromatic heterocycles. The molecule has 0 unspecified atom stereocenters. The molecule has 0 saturated carbocycles. The van der Waals surface area contributed by atoms with Crippen molar-refractivity contribution in [3.05, 3.63) is 59.7 Å². The van der Waals surface area contributed by atoms with Gasteiger partial charge in [-0.15, -0.1) is 0 Å². The molecule has 0 heteroatoms. The van der Waals surface area contributed by atoms with Gasteiger partial charge in [0, 0.05) is 11.0 Å². The molecular weight excluding hydrogens is 264 g/mol. The second-order valence-electron chi connectivity index (χ2n) is 7.90. The molecule has 0 amide bonds. The van der Waals surface area contributed by atoms with E-state index in [1.807, 2.05) is 0 Å². The normalized spacial score (nSPS) is 11.7. The molecule has 0 nitrogen and oxygen atoms in total. The highest BCUT2D eigenvalue weighted by Gasteiger charge is 2.12. The zero-order chi connectivity index (χ0) is 16.4. The molecule has 0 bridgehead atoms. The van der Waals surface area contributed by atoms with Gasteiger partial charge in [-0.25, -0.2) is 0 Å². The molecule has 22 heavy (non-hydrogen) atoms. The van der Waals surface area contributed by atoms with E-state index >= 15 is 0 Å². The topological polar surface area (TPSA) is 0 Å². The van der Waals surface area contributed by atoms with Crippen molar-refractivity contribution < 1.29 is 0 Å². The minimum Gasteiger partial charge on any atom is -0.0920 e. The number of rotatable bonds is 1. The number of hydrogen-bond acceptors (Lipinski definition) is 0. The van der Waals surface area contributed by atoms with Crippen LogP contribution in [0.5, 0.6) is 0 Å². The summed E-state index contributed by atoms with van der Waals surface area (Å²) in [6.07, 6.45) is 0. The summed E-state index contributed by atoms with van der Waals surface area (Å²) in [7, 11) is 0. The first-order valence-corrected chi connectivity index (χ1v) is 7.89. The van der Waals surface area contributed by atoms with Crippen LogP contribution in [-0.2, 0) is 5.41 Å². The summed E-state index contributed by atoms with van der Waals surface area (Å²) < 4.78 is 0. The maximum Gasteiger partial charge on any atom is 0.0245 e. The third-order valence-corrected chi connectivity index (χ3v) is 3.55. The Morgan fingerprint density at radius 2 is 1.09 bits per heavy atom. The van der Waals surface area contributed by atoms with Gasteiger partial charge >= 0.3 is 0 Å². The lowest BCUT2D eigenvalue weighted by molar-refractivity contribution is 0.571. The van der Waals surface area contributed by atoms with Crippen molar-refractivity contribution in [2.45, 2.75) is 47.0 Å². The summed E-state index contributed by atoms with van der Waals surface area (Å²) in [5.41, 5.74) is 5.17. The van der Waals surface area contributed by atoms with E-state index in [4.69, 9.17) is 0 Å². The van der Waals surface area contributed by atoms with E-state index in [1.165, 1.54) is 16.7 Å². The summed E-state index contributed by atoms with van der Waals surface area (Å²) in [6, 6.07) is 17.4. The highest BCUT2D eigenvalue weighted by Crippen LogP contribution is 2.26. The Bertz CT molecular complexity index is 675. The first-order chi connectivity index (χ1) is 10.1. The summed E-state index contributed by atoms with van der Waals surface area (Å²) in [4.78, 5) is 0. The molecule has 0 atom stereocenters. The van der Waals surface area contributed by atoms with Crippen LogP contribution in [0.15, 0.2) is 48.5 Å². The van der Waals surface area contributed by atoms with Gasteiger partial charge in [0.05, 0.1) is 0 Å². The molecule has 0 spiro atoms. The average Bonchev–Trinajstić information content (AvgIpc) is 2.44. The zero-order valence-corrected chi connectivity index (χ0v) is 14.6. The van der Waals surface area contributed by atoms with Crippen molar-refractivity contribution in [1.82, 2.24) is 0 Å². The Balaban J connectivity index is 2.22. The molecule has 0 heterocycles. The van der Waals surface area contributed by atoms with Crippen LogP contribution in [0.3, 0.4) is 0 Å². The lowest BCUT2D eigenvalue weighted by atomic mass is 9.86. The summed E-state index contributed by atoms with van der Waals surface area (Å²) in [5.74, 6) is 6.51. The van der Waals surface area contributed by atoms with Crippen LogP contribution < -0.4 is 0 Å². The third-order valence-electron chi connectivity index (χ3n) is 3.55. The molecule has 114 valence electrons. The van der Waals surface area contributed by atoms with Gasteiger partial charge in [0.15, 0.2) is 0 Å². The summed E-state index contributed by atoms with van der Waals surface area (Å²) in [5, 5.41) is 0. The summed E-state index contributed by atoms with van der Waals surface area (Å²) >= 11 is 0. The first-order valence-electron chi connectivity index (χ1n) is 7.89. The predicted molar refractivity (Wildman–Crippen MR) is 96.9 cm³/mol. The van der Waals surface area contributed by atoms with Gasteiger partial charge in [-0.3, -0.25) is 0 Å². The van der Waals surface area contributed by atoms with E-state index < -0.39 is 0 Å². The Morgan fingerprint density at radius 3 is 1.50 bits per heavy atom. The van der Waals surface area contributed by atoms with Crippen molar-refractivity contribution >= 4 is 0 Å². The first kappa shape index (κ1) is 16.4. The van der Waals surface area contributed by atoms with Gasteiger partial charge in [0.1, 0.15) is 0 Å². The molecule has 2 aromatic rings. The van der Waals surface area contributed by atoms with Crippen molar-refractivity contribution in [3.8, 4) is 23.0 Å². The molecule has 0 aliphatic carbocycles. The van der Waals surface area contributed by atoms with Gasteiger partial charge in [-0.05, 0) is 55.0 Å². The average molecular weight is 290 g/mol. The van der Waals surface area contributed by atoms with Gasteiger partial charge in [0.25, 0.3) is 0 Å². The number of hydrogen-bond donors (Lipinski definition) is 0. The van der Waals surface area contributed by atoms with E-state index in [1.54, 1.807) is 0 Å². The fourth-order valence-corrected chi connectivity index (χ4v) is 2.17. The van der Waals surface area contributed by atoms with Gasteiger partial charge in [-0.2, -0.15) is 0 Å². The molecule has 0 aliphatic heterocycles. The second kappa shape index (κ2) is 6.01. The molecule has 0 aliphatic rings. The van der Waals surface area contributed by atoms with Crippen LogP contribution in [-0.4, -0.2) is 0 Å². The highest BCUT2D eigenvalue weighted by atomic mass is 14.2. The maximum absolute atomic E-state index is 3.27. The molecule has 0 N–H and O–H groups in total. The standard InChI is InChI=1S/C22H26/c1-21(2,3)16-15-17-7-9-18(10-8-17)19-11-13-20(14-12-19)22(4,5)6/h7-14H,1-6H3. The Morgan fingerprint density at radius 1 is 0.636 bits per heavy atom. The van der Waals surface area contributed by atoms with Crippen molar-refractivity contribution in [3.63, 3.8) is 0 Å². The quantitative estimate of drug-likeness (QED) is 0.561. The fourth-order valence-electron chi connectivity index (χ4n) is 2.17. The van der Waals surface area contributed by atoms with Crippen LogP contribution in [0.2, 0.25) is 0 Å². The minimum atomic E-state index is 0.0431. The highest BCUT2D eigenvalue weighted by molar-refractivity contribution is 5.64. The van der Waals surface area contributed by atoms with Gasteiger partial charge in [0.2, 0.25) is 0 Å². The third kappa shape index (κ3) is 4.50. The SMILES string of the molecule is CC(C)(C)C#Cc1ccc(-c2ccc(C(C)(C)C)cc2)cc1. The van der Waals surface area contributed by atoms with Crippen LogP contribution >= 0.6 is 0 Å². The predicted octanol–water partition coefficient (Wildman–Crippen LogP) is 6.05. The zero-order valence-electron chi connectivity index (χ0n) is 14.6. The molecule has 2 aromatic carbocycles. The number of benzene rings is 2. The minimum absolute atomic E-state index is 0.0431. The smallest absolute Gasteiger partial charge is 0.0245 e. The van der Waals surface area contributed by atoms with E-state index in [9.17, 15) is 0 Å². The molecule has 2 rings (SSSR count). The van der Waals surface area contributed by atoms with Crippen molar-refractivity contribution in [1.29, 1.82) is 0 Å². The molecular formula is C22H26. The van der Waals surface area contributed by atoms with Crippen LogP contribution in [0.25, 0.3) is 11.1 Å². The largest absolute Gasteiger partial charge is 0.0920 e. The molecule has 0 saturated heterocycles. The van der Waals surface area contributed by atoms with Crippen LogP contribution in [0, 0.1) is 17.3 Å². The molecule has 0 fully saturated rings. The van der Waals surface area contributed by atoms with Crippen LogP contribution in [0.1, 0.15) is 52.7 Å². The van der Waals surface area contributed by atoms with Crippen molar-refractivity contribution in [2.24, 2.45) is 5.41 Å². The Kier molecular flexibility index (Phi) is 4.47. The second-order valence-corrected chi connectivity index (χ2v) is 7.90. The van der Waals surface area contributed by atoms with Crippen molar-refractivity contribution in [2.75, 3.05) is 0 Å². The Hall–Kier alpha value is -2.00. The van der Waals surface area contributed by atoms with E-state index in [-0.39, 0.29) is 10.8 Å². The molecule has 0 radical (unpaired) electrons.